The van der Waals surface area contributed by atoms with Crippen LogP contribution in [0.5, 0.6) is 11.5 Å². The second-order valence-corrected chi connectivity index (χ2v) is 10.5. The van der Waals surface area contributed by atoms with Crippen molar-refractivity contribution in [3.63, 3.8) is 0 Å². The van der Waals surface area contributed by atoms with Gasteiger partial charge in [-0.25, -0.2) is 4.79 Å². The van der Waals surface area contributed by atoms with Gasteiger partial charge in [0.2, 0.25) is 5.91 Å². The van der Waals surface area contributed by atoms with E-state index in [0.717, 1.165) is 17.7 Å². The van der Waals surface area contributed by atoms with Crippen LogP contribution in [-0.4, -0.2) is 85.0 Å². The predicted molar refractivity (Wildman–Crippen MR) is 134 cm³/mol. The van der Waals surface area contributed by atoms with Crippen molar-refractivity contribution in [1.29, 1.82) is 0 Å². The van der Waals surface area contributed by atoms with Gasteiger partial charge in [-0.3, -0.25) is 14.5 Å². The van der Waals surface area contributed by atoms with Crippen molar-refractivity contribution >= 4 is 17.8 Å². The molecule has 1 aromatic carbocycles. The summed E-state index contributed by atoms with van der Waals surface area (Å²) in [5.74, 6) is 1.58. The number of imide groups is 1. The molecule has 0 spiro atoms. The maximum Gasteiger partial charge on any atom is 0.327 e. The first-order valence-electron chi connectivity index (χ1n) is 13.4. The fourth-order valence-electron chi connectivity index (χ4n) is 6.52. The number of methoxy groups -OCH3 is 2. The first kappa shape index (κ1) is 24.9. The van der Waals surface area contributed by atoms with Crippen LogP contribution in [0.1, 0.15) is 56.1 Å². The predicted octanol–water partition coefficient (Wildman–Crippen LogP) is 2.55. The lowest BCUT2D eigenvalue weighted by Crippen LogP contribution is -2.51. The van der Waals surface area contributed by atoms with E-state index in [9.17, 15) is 14.4 Å². The van der Waals surface area contributed by atoms with Crippen molar-refractivity contribution in [2.45, 2.75) is 70.0 Å². The first-order chi connectivity index (χ1) is 17.5. The Morgan fingerprint density at radius 3 is 2.56 bits per heavy atom. The van der Waals surface area contributed by atoms with Gasteiger partial charge in [-0.15, -0.1) is 0 Å². The van der Waals surface area contributed by atoms with E-state index in [1.807, 2.05) is 12.1 Å². The second kappa shape index (κ2) is 10.7. The molecular formula is C27H38N4O5. The minimum atomic E-state index is -0.498. The van der Waals surface area contributed by atoms with Gasteiger partial charge >= 0.3 is 6.03 Å². The number of urea groups is 1. The Morgan fingerprint density at radius 2 is 1.78 bits per heavy atom. The average molecular weight is 499 g/mol. The Balaban J connectivity index is 1.12. The van der Waals surface area contributed by atoms with Gasteiger partial charge in [0.05, 0.1) is 14.2 Å². The third kappa shape index (κ3) is 4.77. The monoisotopic (exact) mass is 498 g/mol. The molecule has 4 aliphatic rings. The zero-order chi connectivity index (χ0) is 25.2. The lowest BCUT2D eigenvalue weighted by Gasteiger charge is -2.44. The number of carbonyl (C=O) groups is 3. The highest BCUT2D eigenvalue weighted by Crippen LogP contribution is 2.37. The summed E-state index contributed by atoms with van der Waals surface area (Å²) in [7, 11) is 3.17. The number of ether oxygens (including phenoxy) is 2. The van der Waals surface area contributed by atoms with Crippen molar-refractivity contribution in [1.82, 2.24) is 20.0 Å². The van der Waals surface area contributed by atoms with Crippen LogP contribution in [0.15, 0.2) is 12.1 Å². The summed E-state index contributed by atoms with van der Waals surface area (Å²) < 4.78 is 10.8. The molecule has 3 fully saturated rings. The Kier molecular flexibility index (Phi) is 7.37. The van der Waals surface area contributed by atoms with Crippen LogP contribution in [0, 0.1) is 5.92 Å². The molecule has 3 saturated heterocycles. The fourth-order valence-corrected chi connectivity index (χ4v) is 6.52. The summed E-state index contributed by atoms with van der Waals surface area (Å²) >= 11 is 0. The Bertz CT molecular complexity index is 961. The van der Waals surface area contributed by atoms with Gasteiger partial charge in [0.15, 0.2) is 11.5 Å². The van der Waals surface area contributed by atoms with Gasteiger partial charge in [-0.2, -0.15) is 0 Å². The SMILES string of the molecule is COc1cc2c(cc1OC)CN1C(=O)N(CCCC(=O)NCC3CCCN4CCCCC34)C(=O)C1C2. The summed E-state index contributed by atoms with van der Waals surface area (Å²) in [5, 5.41) is 3.13. The van der Waals surface area contributed by atoms with E-state index in [1.54, 1.807) is 19.1 Å². The minimum absolute atomic E-state index is 0.00588. The molecular weight excluding hydrogens is 460 g/mol. The van der Waals surface area contributed by atoms with Crippen LogP contribution >= 0.6 is 0 Å². The molecule has 9 nitrogen and oxygen atoms in total. The fraction of sp³-hybridized carbons (Fsp3) is 0.667. The van der Waals surface area contributed by atoms with Crippen LogP contribution in [0.4, 0.5) is 4.79 Å². The molecule has 3 atom stereocenters. The largest absolute Gasteiger partial charge is 0.493 e. The van der Waals surface area contributed by atoms with Crippen molar-refractivity contribution < 1.29 is 23.9 Å². The molecule has 0 bridgehead atoms. The molecule has 4 amide bonds. The molecule has 0 aromatic heterocycles. The number of fused-ring (bicyclic) bond motifs is 3. The van der Waals surface area contributed by atoms with Gasteiger partial charge in [-0.1, -0.05) is 6.42 Å². The van der Waals surface area contributed by atoms with Crippen LogP contribution < -0.4 is 14.8 Å². The molecule has 3 unspecified atom stereocenters. The molecule has 4 aliphatic heterocycles. The second-order valence-electron chi connectivity index (χ2n) is 10.5. The zero-order valence-electron chi connectivity index (χ0n) is 21.5. The highest BCUT2D eigenvalue weighted by atomic mass is 16.5. The summed E-state index contributed by atoms with van der Waals surface area (Å²) in [6.45, 7) is 3.74. The highest BCUT2D eigenvalue weighted by molar-refractivity contribution is 6.04. The lowest BCUT2D eigenvalue weighted by molar-refractivity contribution is -0.129. The summed E-state index contributed by atoms with van der Waals surface area (Å²) in [4.78, 5) is 44.2. The van der Waals surface area contributed by atoms with E-state index in [1.165, 1.54) is 50.1 Å². The van der Waals surface area contributed by atoms with Gasteiger partial charge in [0.25, 0.3) is 5.91 Å². The maximum atomic E-state index is 13.1. The Hall–Kier alpha value is -2.81. The molecule has 0 radical (unpaired) electrons. The number of hydrogen-bond acceptors (Lipinski definition) is 6. The summed E-state index contributed by atoms with van der Waals surface area (Å²) in [5.41, 5.74) is 1.96. The van der Waals surface area contributed by atoms with Gasteiger partial charge in [0, 0.05) is 38.5 Å². The van der Waals surface area contributed by atoms with Crippen LogP contribution in [0.2, 0.25) is 0 Å². The number of nitrogens with one attached hydrogen (secondary N) is 1. The highest BCUT2D eigenvalue weighted by Gasteiger charge is 2.47. The topological polar surface area (TPSA) is 91.4 Å². The summed E-state index contributed by atoms with van der Waals surface area (Å²) in [6, 6.07) is 3.62. The molecule has 0 saturated carbocycles. The maximum absolute atomic E-state index is 13.1. The molecule has 36 heavy (non-hydrogen) atoms. The molecule has 9 heteroatoms. The Labute approximate surface area is 213 Å². The first-order valence-corrected chi connectivity index (χ1v) is 13.4. The van der Waals surface area contributed by atoms with Crippen molar-refractivity contribution in [2.75, 3.05) is 40.4 Å². The third-order valence-electron chi connectivity index (χ3n) is 8.44. The van der Waals surface area contributed by atoms with Gasteiger partial charge in [0.1, 0.15) is 6.04 Å². The Morgan fingerprint density at radius 1 is 1.03 bits per heavy atom. The van der Waals surface area contributed by atoms with Gasteiger partial charge < -0.3 is 24.6 Å². The van der Waals surface area contributed by atoms with E-state index >= 15 is 0 Å². The van der Waals surface area contributed by atoms with E-state index < -0.39 is 6.04 Å². The van der Waals surface area contributed by atoms with Crippen LogP contribution in [-0.2, 0) is 22.6 Å². The molecule has 5 rings (SSSR count). The smallest absolute Gasteiger partial charge is 0.327 e. The number of carbonyl (C=O) groups excluding carboxylic acids is 3. The number of piperidine rings is 2. The molecule has 1 N–H and O–H groups in total. The van der Waals surface area contributed by atoms with Crippen molar-refractivity contribution in [3.8, 4) is 11.5 Å². The van der Waals surface area contributed by atoms with Crippen molar-refractivity contribution in [2.24, 2.45) is 5.92 Å². The van der Waals surface area contributed by atoms with E-state index in [4.69, 9.17) is 9.47 Å². The van der Waals surface area contributed by atoms with Gasteiger partial charge in [-0.05, 0) is 74.4 Å². The number of hydrogen-bond donors (Lipinski definition) is 1. The van der Waals surface area contributed by atoms with Crippen LogP contribution in [0.25, 0.3) is 0 Å². The van der Waals surface area contributed by atoms with Crippen LogP contribution in [0.3, 0.4) is 0 Å². The number of nitrogens with zero attached hydrogens (tertiary/aromatic N) is 3. The average Bonchev–Trinajstić information content (AvgIpc) is 3.13. The zero-order valence-corrected chi connectivity index (χ0v) is 21.5. The van der Waals surface area contributed by atoms with Crippen molar-refractivity contribution in [3.05, 3.63) is 23.3 Å². The number of amides is 4. The molecule has 4 heterocycles. The molecule has 196 valence electrons. The molecule has 0 aliphatic carbocycles. The van der Waals surface area contributed by atoms with E-state index in [2.05, 4.69) is 10.2 Å². The van der Waals surface area contributed by atoms with E-state index in [0.29, 0.717) is 49.3 Å². The number of benzene rings is 1. The molecule has 1 aromatic rings. The number of rotatable bonds is 8. The van der Waals surface area contributed by atoms with E-state index in [-0.39, 0.29) is 24.4 Å². The third-order valence-corrected chi connectivity index (χ3v) is 8.44. The standard InChI is InChI=1S/C27H38N4O5/c1-35-23-14-19-13-22-26(33)30(27(34)31(22)17-20(19)15-24(23)36-2)12-6-9-25(32)28-16-18-7-5-11-29-10-4-3-8-21(18)29/h14-15,18,21-22H,3-13,16-17H2,1-2H3,(H,28,32). The normalized spacial score (nSPS) is 25.8. The summed E-state index contributed by atoms with van der Waals surface area (Å²) in [6.07, 6.45) is 7.44. The lowest BCUT2D eigenvalue weighted by atomic mass is 9.83. The quantitative estimate of drug-likeness (QED) is 0.554. The minimum Gasteiger partial charge on any atom is -0.493 e.